The Balaban J connectivity index is 0.837. The first-order valence-corrected chi connectivity index (χ1v) is 24.3. The van der Waals surface area contributed by atoms with Crippen LogP contribution < -0.4 is 4.74 Å². The van der Waals surface area contributed by atoms with Gasteiger partial charge in [0, 0.05) is 16.5 Å². The van der Waals surface area contributed by atoms with Crippen LogP contribution in [0.1, 0.15) is 79.3 Å². The van der Waals surface area contributed by atoms with E-state index in [-0.39, 0.29) is 67.8 Å². The summed E-state index contributed by atoms with van der Waals surface area (Å²) in [7, 11) is 0. The molecule has 1 aromatic heterocycles. The molecule has 11 rings (SSSR count). The molecule has 0 radical (unpaired) electrons. The molecule has 4 aromatic carbocycles. The zero-order chi connectivity index (χ0) is 46.5. The van der Waals surface area contributed by atoms with Gasteiger partial charge in [-0.25, -0.2) is 9.18 Å². The Morgan fingerprint density at radius 3 is 1.88 bits per heavy atom. The molecule has 3 aliphatic carbocycles. The summed E-state index contributed by atoms with van der Waals surface area (Å²) in [5.41, 5.74) is 3.79. The number of ether oxygens (including phenoxy) is 9. The average molecular weight is 929 g/mol. The van der Waals surface area contributed by atoms with Gasteiger partial charge in [0.15, 0.2) is 11.9 Å². The molecule has 2 spiro atoms. The summed E-state index contributed by atoms with van der Waals surface area (Å²) in [4.78, 5) is 14.0. The van der Waals surface area contributed by atoms with Gasteiger partial charge in [0.1, 0.15) is 42.8 Å². The van der Waals surface area contributed by atoms with Crippen LogP contribution in [0.15, 0.2) is 132 Å². The second-order valence-electron chi connectivity index (χ2n) is 20.1. The van der Waals surface area contributed by atoms with Crippen LogP contribution in [0.3, 0.4) is 0 Å². The minimum absolute atomic E-state index is 0.00351. The second-order valence-corrected chi connectivity index (χ2v) is 20.1. The third-order valence-electron chi connectivity index (χ3n) is 15.8. The summed E-state index contributed by atoms with van der Waals surface area (Å²) in [5, 5.41) is 0. The van der Waals surface area contributed by atoms with E-state index in [1.54, 1.807) is 6.26 Å². The number of esters is 1. The fourth-order valence-electron chi connectivity index (χ4n) is 12.3. The van der Waals surface area contributed by atoms with Crippen molar-refractivity contribution in [2.24, 2.45) is 17.3 Å². The highest BCUT2D eigenvalue weighted by atomic mass is 19.1. The summed E-state index contributed by atoms with van der Waals surface area (Å²) in [6.45, 7) is 7.19. The minimum atomic E-state index is -1.10. The van der Waals surface area contributed by atoms with Crippen LogP contribution in [0, 0.1) is 17.3 Å². The maximum Gasteiger partial charge on any atom is 0.339 e. The van der Waals surface area contributed by atoms with Gasteiger partial charge in [0.2, 0.25) is 0 Å². The third kappa shape index (κ3) is 8.24. The van der Waals surface area contributed by atoms with Gasteiger partial charge in [-0.2, -0.15) is 0 Å². The molecule has 0 amide bonds. The molecule has 5 fully saturated rings. The molecule has 4 heterocycles. The first-order valence-electron chi connectivity index (χ1n) is 24.3. The second kappa shape index (κ2) is 18.9. The molecule has 68 heavy (non-hydrogen) atoms. The highest BCUT2D eigenvalue weighted by Gasteiger charge is 2.93. The van der Waals surface area contributed by atoms with Crippen molar-refractivity contribution in [3.8, 4) is 5.95 Å². The van der Waals surface area contributed by atoms with Gasteiger partial charge in [-0.05, 0) is 65.7 Å². The fraction of sp³-hybridized carbons (Fsp3) is 0.482. The third-order valence-corrected chi connectivity index (χ3v) is 15.8. The molecule has 12 heteroatoms. The number of rotatable bonds is 18. The van der Waals surface area contributed by atoms with Crippen molar-refractivity contribution in [2.75, 3.05) is 13.2 Å². The van der Waals surface area contributed by atoms with Gasteiger partial charge in [0.05, 0.1) is 51.5 Å². The lowest BCUT2D eigenvalue weighted by atomic mass is 9.47. The van der Waals surface area contributed by atoms with Crippen LogP contribution >= 0.6 is 0 Å². The van der Waals surface area contributed by atoms with Crippen molar-refractivity contribution in [3.05, 3.63) is 161 Å². The molecule has 0 bridgehead atoms. The van der Waals surface area contributed by atoms with Crippen LogP contribution in [0.25, 0.3) is 0 Å². The van der Waals surface area contributed by atoms with E-state index in [1.807, 2.05) is 121 Å². The van der Waals surface area contributed by atoms with Crippen LogP contribution in [0.5, 0.6) is 5.95 Å². The zero-order valence-corrected chi connectivity index (χ0v) is 38.9. The zero-order valence-electron chi connectivity index (χ0n) is 38.9. The Kier molecular flexibility index (Phi) is 12.7. The van der Waals surface area contributed by atoms with Crippen LogP contribution in [0.2, 0.25) is 0 Å². The number of furan rings is 1. The lowest BCUT2D eigenvalue weighted by molar-refractivity contribution is -0.327. The highest BCUT2D eigenvalue weighted by Crippen LogP contribution is 2.80. The Labute approximate surface area is 397 Å². The van der Waals surface area contributed by atoms with Crippen molar-refractivity contribution in [1.82, 2.24) is 0 Å². The van der Waals surface area contributed by atoms with Crippen molar-refractivity contribution >= 4 is 5.97 Å². The normalized spacial score (nSPS) is 34.2. The Morgan fingerprint density at radius 1 is 0.706 bits per heavy atom. The van der Waals surface area contributed by atoms with E-state index >= 15 is 4.39 Å². The predicted molar refractivity (Wildman–Crippen MR) is 247 cm³/mol. The SMILES string of the molecule is CC(C)C1C[C@@H]2O[C@]23[C@]2(O[C@H]2CC2c4coc(OC(=O)CO[C@@H]5O[C@H](COCc6ccccc6)[C@@H](OCc6ccccc6)[C@H](OCc6ccccc6)C5OCc5ccccc5)c4CC[C@@]23C)[C@H]1F. The van der Waals surface area contributed by atoms with E-state index in [9.17, 15) is 4.79 Å². The molecular formula is C56H61FO11. The smallest absolute Gasteiger partial charge is 0.339 e. The van der Waals surface area contributed by atoms with Crippen molar-refractivity contribution < 1.29 is 56.2 Å². The molecule has 5 aromatic rings. The van der Waals surface area contributed by atoms with E-state index in [1.165, 1.54) is 0 Å². The maximum absolute atomic E-state index is 16.5. The topological polar surface area (TPSA) is 120 Å². The lowest BCUT2D eigenvalue weighted by Crippen LogP contribution is -2.65. The van der Waals surface area contributed by atoms with Gasteiger partial charge >= 0.3 is 5.97 Å². The number of hydrogen-bond donors (Lipinski definition) is 0. The largest absolute Gasteiger partial charge is 0.433 e. The van der Waals surface area contributed by atoms with Gasteiger partial charge in [0.25, 0.3) is 5.95 Å². The van der Waals surface area contributed by atoms with Crippen molar-refractivity contribution in [1.29, 1.82) is 0 Å². The number of halogens is 1. The molecule has 13 atom stereocenters. The van der Waals surface area contributed by atoms with E-state index in [0.29, 0.717) is 25.9 Å². The first kappa shape index (κ1) is 45.7. The van der Waals surface area contributed by atoms with Crippen LogP contribution in [0.4, 0.5) is 4.39 Å². The van der Waals surface area contributed by atoms with Crippen molar-refractivity contribution in [2.45, 2.75) is 139 Å². The lowest BCUT2D eigenvalue weighted by Gasteiger charge is -2.53. The number of hydrogen-bond acceptors (Lipinski definition) is 11. The summed E-state index contributed by atoms with van der Waals surface area (Å²) < 4.78 is 81.6. The number of carbonyl (C=O) groups excluding carboxylic acids is 1. The van der Waals surface area contributed by atoms with E-state index in [4.69, 9.17) is 47.0 Å². The van der Waals surface area contributed by atoms with Crippen LogP contribution in [-0.2, 0) is 75.5 Å². The Bertz CT molecular complexity index is 2490. The number of fused-ring (bicyclic) bond motifs is 3. The van der Waals surface area contributed by atoms with Gasteiger partial charge < -0.3 is 47.0 Å². The monoisotopic (exact) mass is 928 g/mol. The Hall–Kier alpha value is -4.76. The number of epoxide rings is 2. The molecule has 358 valence electrons. The fourth-order valence-corrected chi connectivity index (χ4v) is 12.3. The molecular weight excluding hydrogens is 868 g/mol. The summed E-state index contributed by atoms with van der Waals surface area (Å²) >= 11 is 0. The number of carbonyl (C=O) groups is 1. The van der Waals surface area contributed by atoms with E-state index in [2.05, 4.69) is 20.8 Å². The van der Waals surface area contributed by atoms with Crippen LogP contribution in [-0.4, -0.2) is 79.5 Å². The minimum Gasteiger partial charge on any atom is -0.433 e. The predicted octanol–water partition coefficient (Wildman–Crippen LogP) is 9.63. The molecule has 0 N–H and O–H groups in total. The summed E-state index contributed by atoms with van der Waals surface area (Å²) in [5.74, 6) is -0.405. The first-order chi connectivity index (χ1) is 33.2. The van der Waals surface area contributed by atoms with E-state index in [0.717, 1.165) is 39.8 Å². The molecule has 3 saturated heterocycles. The number of benzene rings is 4. The molecule has 3 unspecified atom stereocenters. The Morgan fingerprint density at radius 2 is 1.28 bits per heavy atom. The van der Waals surface area contributed by atoms with Gasteiger partial charge in [-0.1, -0.05) is 142 Å². The van der Waals surface area contributed by atoms with Gasteiger partial charge in [-0.3, -0.25) is 0 Å². The number of alkyl halides is 1. The molecule has 2 saturated carbocycles. The average Bonchev–Trinajstić information content (AvgIpc) is 4.26. The van der Waals surface area contributed by atoms with Crippen molar-refractivity contribution in [3.63, 3.8) is 0 Å². The maximum atomic E-state index is 16.5. The summed E-state index contributed by atoms with van der Waals surface area (Å²) in [6.07, 6.45) is -1.02. The summed E-state index contributed by atoms with van der Waals surface area (Å²) in [6, 6.07) is 39.6. The molecule has 3 aliphatic heterocycles. The van der Waals surface area contributed by atoms with E-state index < -0.39 is 60.7 Å². The molecule has 11 nitrogen and oxygen atoms in total. The standard InChI is InChI=1S/C56H61FO11/c1-35(2)41-26-46-56(68-46)54(3)25-24-40-42(43(54)27-45-55(56,67-45)51(41)57)32-63-52(40)66-47(58)34-64-53-50(62-31-39-22-14-7-15-23-39)49(61-30-38-20-12-6-13-21-38)48(60-29-37-18-10-5-11-19-37)44(65-53)33-59-28-36-16-8-4-9-17-36/h4-23,32,35,41,43-46,48-51,53H,24-31,33-34H2,1-3H3/t41?,43?,44-,45+,46+,48-,49+,50?,51+,53-,54+,55-,56-/m1/s1. The quantitative estimate of drug-likeness (QED) is 0.0618. The highest BCUT2D eigenvalue weighted by molar-refractivity contribution is 5.73. The van der Waals surface area contributed by atoms with Gasteiger partial charge in [-0.15, -0.1) is 0 Å². The molecule has 6 aliphatic rings.